The van der Waals surface area contributed by atoms with Crippen molar-refractivity contribution in [3.8, 4) is 0 Å². The molecule has 80 valence electrons. The van der Waals surface area contributed by atoms with E-state index in [0.717, 1.165) is 26.2 Å². The van der Waals surface area contributed by atoms with E-state index in [0.29, 0.717) is 0 Å². The Hall–Kier alpha value is 0.387. The fourth-order valence-corrected chi connectivity index (χ4v) is 5.31. The molecule has 0 rings (SSSR count). The van der Waals surface area contributed by atoms with Crippen molar-refractivity contribution in [1.82, 2.24) is 14.5 Å². The predicted molar refractivity (Wildman–Crippen MR) is 61.9 cm³/mol. The molecule has 0 fully saturated rings. The van der Waals surface area contributed by atoms with Gasteiger partial charge >= 0.3 is 7.87 Å². The van der Waals surface area contributed by atoms with E-state index in [1.807, 2.05) is 0 Å². The molecule has 0 amide bonds. The highest BCUT2D eigenvalue weighted by Gasteiger charge is 2.36. The molecular weight excluding hydrogens is 202 g/mol. The molecule has 13 heavy (non-hydrogen) atoms. The Balaban J connectivity index is 4.33. The first-order chi connectivity index (χ1) is 6.14. The maximum atomic E-state index is 6.55. The topological polar surface area (TPSA) is 27.3 Å². The first kappa shape index (κ1) is 13.4. The summed E-state index contributed by atoms with van der Waals surface area (Å²) in [6.07, 6.45) is 0. The monoisotopic (exact) mass is 223 g/mol. The minimum absolute atomic E-state index is 0.916. The Morgan fingerprint density at radius 2 is 1.38 bits per heavy atom. The Labute approximate surface area is 87.8 Å². The summed E-state index contributed by atoms with van der Waals surface area (Å²) < 4.78 is 2.29. The number of hydrogen-bond donors (Lipinski definition) is 2. The zero-order valence-corrected chi connectivity index (χ0v) is 10.9. The predicted octanol–water partition coefficient (Wildman–Crippen LogP) is 1.22. The second-order valence-corrected chi connectivity index (χ2v) is 7.08. The fraction of sp³-hybridized carbons (Fsp3) is 1.00. The van der Waals surface area contributed by atoms with Crippen molar-refractivity contribution in [2.24, 2.45) is 0 Å². The van der Waals surface area contributed by atoms with Crippen LogP contribution in [0.3, 0.4) is 0 Å². The third-order valence-corrected chi connectivity index (χ3v) is 6.69. The van der Waals surface area contributed by atoms with Crippen LogP contribution < -0.4 is 9.96 Å². The molecule has 0 saturated heterocycles. The van der Waals surface area contributed by atoms with Crippen molar-refractivity contribution in [3.05, 3.63) is 0 Å². The van der Waals surface area contributed by atoms with E-state index in [4.69, 9.17) is 11.1 Å². The van der Waals surface area contributed by atoms with Crippen LogP contribution in [-0.2, 0) is 0 Å². The molecule has 0 aromatic heterocycles. The largest absolute Gasteiger partial charge is 0.387 e. The van der Waals surface area contributed by atoms with E-state index in [9.17, 15) is 0 Å². The zero-order chi connectivity index (χ0) is 10.3. The van der Waals surface area contributed by atoms with Gasteiger partial charge in [-0.2, -0.15) is 0 Å². The zero-order valence-electron chi connectivity index (χ0n) is 9.15. The SMILES string of the molecule is CCN[Si](Cl)(NCC)N(CC)CC. The standard InChI is InChI=1S/C8H22ClN3Si/c1-5-10-13(9,11-6-2)12(7-3)8-4/h10-11H,5-8H2,1-4H3. The molecule has 0 saturated carbocycles. The van der Waals surface area contributed by atoms with Gasteiger partial charge in [-0.05, 0) is 26.2 Å². The van der Waals surface area contributed by atoms with Crippen LogP contribution in [0.4, 0.5) is 0 Å². The normalized spacial score (nSPS) is 12.5. The molecule has 0 spiro atoms. The molecule has 0 radical (unpaired) electrons. The van der Waals surface area contributed by atoms with E-state index >= 15 is 0 Å². The molecule has 5 heteroatoms. The molecule has 0 aliphatic rings. The minimum Gasteiger partial charge on any atom is -0.301 e. The highest BCUT2D eigenvalue weighted by molar-refractivity contribution is 7.15. The van der Waals surface area contributed by atoms with Crippen LogP contribution in [0.1, 0.15) is 27.7 Å². The number of nitrogens with one attached hydrogen (secondary N) is 2. The van der Waals surface area contributed by atoms with Gasteiger partial charge in [-0.15, -0.1) is 11.1 Å². The van der Waals surface area contributed by atoms with Crippen LogP contribution in [0.25, 0.3) is 0 Å². The molecule has 0 atom stereocenters. The molecule has 0 aromatic rings. The summed E-state index contributed by atoms with van der Waals surface area (Å²) in [4.78, 5) is 6.76. The van der Waals surface area contributed by atoms with Crippen LogP contribution in [0.15, 0.2) is 0 Å². The van der Waals surface area contributed by atoms with Gasteiger partial charge < -0.3 is 9.96 Å². The summed E-state index contributed by atoms with van der Waals surface area (Å²) in [5, 5.41) is 0. The Kier molecular flexibility index (Phi) is 6.99. The maximum absolute atomic E-state index is 6.55. The third-order valence-electron chi connectivity index (χ3n) is 2.02. The van der Waals surface area contributed by atoms with Gasteiger partial charge in [-0.25, -0.2) is 0 Å². The molecule has 0 aromatic carbocycles. The van der Waals surface area contributed by atoms with Gasteiger partial charge in [0.25, 0.3) is 0 Å². The molecular formula is C8H22ClN3Si. The molecule has 0 aliphatic carbocycles. The van der Waals surface area contributed by atoms with Crippen LogP contribution in [0.2, 0.25) is 0 Å². The van der Waals surface area contributed by atoms with Crippen molar-refractivity contribution in [2.75, 3.05) is 26.2 Å². The second-order valence-electron chi connectivity index (χ2n) is 2.86. The first-order valence-corrected chi connectivity index (χ1v) is 8.04. The summed E-state index contributed by atoms with van der Waals surface area (Å²) in [7, 11) is -2.07. The molecule has 0 heterocycles. The van der Waals surface area contributed by atoms with Crippen molar-refractivity contribution in [2.45, 2.75) is 27.7 Å². The Morgan fingerprint density at radius 1 is 1.00 bits per heavy atom. The third kappa shape index (κ3) is 3.95. The van der Waals surface area contributed by atoms with Crippen LogP contribution >= 0.6 is 11.1 Å². The first-order valence-electron chi connectivity index (χ1n) is 5.08. The molecule has 0 aliphatic heterocycles. The van der Waals surface area contributed by atoms with Gasteiger partial charge in [0.2, 0.25) is 0 Å². The van der Waals surface area contributed by atoms with Crippen molar-refractivity contribution >= 4 is 18.9 Å². The average Bonchev–Trinajstić information content (AvgIpc) is 2.07. The average molecular weight is 224 g/mol. The summed E-state index contributed by atoms with van der Waals surface area (Å²) in [6, 6.07) is 0. The van der Waals surface area contributed by atoms with Crippen LogP contribution in [0, 0.1) is 0 Å². The van der Waals surface area contributed by atoms with E-state index in [-0.39, 0.29) is 0 Å². The van der Waals surface area contributed by atoms with E-state index in [2.05, 4.69) is 42.2 Å². The smallest absolute Gasteiger partial charge is 0.301 e. The number of hydrogen-bond acceptors (Lipinski definition) is 3. The van der Waals surface area contributed by atoms with Crippen LogP contribution in [-0.4, -0.2) is 38.6 Å². The van der Waals surface area contributed by atoms with Gasteiger partial charge in [0.1, 0.15) is 0 Å². The Bertz CT molecular complexity index is 125. The van der Waals surface area contributed by atoms with Crippen molar-refractivity contribution < 1.29 is 0 Å². The summed E-state index contributed by atoms with van der Waals surface area (Å²) in [5.74, 6) is 0. The quantitative estimate of drug-likeness (QED) is 0.502. The van der Waals surface area contributed by atoms with Gasteiger partial charge in [0, 0.05) is 0 Å². The summed E-state index contributed by atoms with van der Waals surface area (Å²) in [5.41, 5.74) is 0. The molecule has 0 unspecified atom stereocenters. The van der Waals surface area contributed by atoms with Crippen molar-refractivity contribution in [1.29, 1.82) is 0 Å². The number of halogens is 1. The van der Waals surface area contributed by atoms with Gasteiger partial charge in [-0.3, -0.25) is 4.57 Å². The molecule has 0 bridgehead atoms. The lowest BCUT2D eigenvalue weighted by molar-refractivity contribution is 0.448. The highest BCUT2D eigenvalue weighted by atomic mass is 35.6. The minimum atomic E-state index is -2.07. The lowest BCUT2D eigenvalue weighted by Gasteiger charge is -2.35. The maximum Gasteiger partial charge on any atom is 0.387 e. The lowest BCUT2D eigenvalue weighted by Crippen LogP contribution is -2.69. The van der Waals surface area contributed by atoms with Gasteiger partial charge in [-0.1, -0.05) is 27.7 Å². The van der Waals surface area contributed by atoms with E-state index < -0.39 is 7.87 Å². The van der Waals surface area contributed by atoms with E-state index in [1.54, 1.807) is 0 Å². The second kappa shape index (κ2) is 6.78. The van der Waals surface area contributed by atoms with Gasteiger partial charge in [0.15, 0.2) is 0 Å². The van der Waals surface area contributed by atoms with E-state index in [1.165, 1.54) is 0 Å². The number of nitrogens with zero attached hydrogens (tertiary/aromatic N) is 1. The summed E-state index contributed by atoms with van der Waals surface area (Å²) in [6.45, 7) is 12.3. The molecule has 3 nitrogen and oxygen atoms in total. The summed E-state index contributed by atoms with van der Waals surface area (Å²) >= 11 is 6.55. The van der Waals surface area contributed by atoms with Crippen molar-refractivity contribution in [3.63, 3.8) is 0 Å². The molecule has 2 N–H and O–H groups in total. The van der Waals surface area contributed by atoms with Gasteiger partial charge in [0.05, 0.1) is 0 Å². The fourth-order valence-electron chi connectivity index (χ4n) is 1.41. The lowest BCUT2D eigenvalue weighted by atomic mass is 10.7. The Morgan fingerprint density at radius 3 is 1.62 bits per heavy atom. The highest BCUT2D eigenvalue weighted by Crippen LogP contribution is 2.07. The van der Waals surface area contributed by atoms with Crippen LogP contribution in [0.5, 0.6) is 0 Å². The number of rotatable bonds is 7.